The normalized spacial score (nSPS) is 11.0. The number of ether oxygens (including phenoxy) is 2. The molecule has 0 saturated carbocycles. The predicted molar refractivity (Wildman–Crippen MR) is 163 cm³/mol. The molecule has 4 heterocycles. The molecule has 0 radical (unpaired) electrons. The highest BCUT2D eigenvalue weighted by Crippen LogP contribution is 2.42. The Kier molecular flexibility index (Phi) is 7.00. The summed E-state index contributed by atoms with van der Waals surface area (Å²) in [5.41, 5.74) is 3.03. The van der Waals surface area contributed by atoms with Gasteiger partial charge < -0.3 is 9.47 Å². The van der Waals surface area contributed by atoms with Gasteiger partial charge in [-0.25, -0.2) is 0 Å². The van der Waals surface area contributed by atoms with E-state index in [1.807, 2.05) is 36.4 Å². The van der Waals surface area contributed by atoms with Gasteiger partial charge in [-0.05, 0) is 83.6 Å². The zero-order valence-electron chi connectivity index (χ0n) is 20.6. The van der Waals surface area contributed by atoms with E-state index in [9.17, 15) is 4.79 Å². The van der Waals surface area contributed by atoms with Crippen molar-refractivity contribution < 1.29 is 14.3 Å². The lowest BCUT2D eigenvalue weighted by atomic mass is 9.93. The summed E-state index contributed by atoms with van der Waals surface area (Å²) < 4.78 is 11.1. The van der Waals surface area contributed by atoms with E-state index in [-0.39, 0.29) is 5.78 Å². The average molecular weight is 571 g/mol. The second-order valence-corrected chi connectivity index (χ2v) is 12.5. The van der Waals surface area contributed by atoms with E-state index >= 15 is 0 Å². The first kappa shape index (κ1) is 24.8. The van der Waals surface area contributed by atoms with Crippen molar-refractivity contribution in [1.29, 1.82) is 0 Å². The van der Waals surface area contributed by atoms with Gasteiger partial charge in [-0.15, -0.1) is 45.3 Å². The van der Waals surface area contributed by atoms with Crippen LogP contribution in [0, 0.1) is 0 Å². The molecular weight excluding hydrogens is 549 g/mol. The van der Waals surface area contributed by atoms with E-state index in [1.165, 1.54) is 19.5 Å². The van der Waals surface area contributed by atoms with Crippen molar-refractivity contribution in [2.75, 3.05) is 14.2 Å². The fourth-order valence-corrected chi connectivity index (χ4v) is 8.06. The van der Waals surface area contributed by atoms with Gasteiger partial charge in [0.15, 0.2) is 5.78 Å². The highest BCUT2D eigenvalue weighted by atomic mass is 32.1. The number of carbonyl (C=O) groups is 1. The zero-order valence-corrected chi connectivity index (χ0v) is 23.9. The first-order chi connectivity index (χ1) is 18.6. The number of methoxy groups -OCH3 is 2. The summed E-state index contributed by atoms with van der Waals surface area (Å²) in [4.78, 5) is 21.1. The van der Waals surface area contributed by atoms with Crippen LogP contribution in [0.5, 0.6) is 11.5 Å². The van der Waals surface area contributed by atoms with E-state index in [0.29, 0.717) is 11.1 Å². The van der Waals surface area contributed by atoms with Crippen molar-refractivity contribution in [3.05, 3.63) is 107 Å². The fraction of sp³-hybridized carbons (Fsp3) is 0.0645. The number of hydrogen-bond acceptors (Lipinski definition) is 7. The standard InChI is InChI=1S/C31H22O3S4/c1-33-19-7-9-21(23(17-19)25-11-13-29(37-25)27-5-3-15-35-27)31(32)22-10-8-20(34-2)18-24(22)26-12-14-30(38-26)28-6-4-16-36-28/h3-18H,1-2H3. The summed E-state index contributed by atoms with van der Waals surface area (Å²) >= 11 is 6.79. The van der Waals surface area contributed by atoms with Crippen molar-refractivity contribution in [2.45, 2.75) is 0 Å². The van der Waals surface area contributed by atoms with E-state index in [4.69, 9.17) is 9.47 Å². The van der Waals surface area contributed by atoms with Crippen LogP contribution in [0.4, 0.5) is 0 Å². The Labute approximate surface area is 237 Å². The molecule has 0 unspecified atom stereocenters. The third kappa shape index (κ3) is 4.74. The van der Waals surface area contributed by atoms with Crippen molar-refractivity contribution in [3.63, 3.8) is 0 Å². The summed E-state index contributed by atoms with van der Waals surface area (Å²) in [7, 11) is 3.30. The van der Waals surface area contributed by atoms with Crippen LogP contribution in [0.15, 0.2) is 95.7 Å². The Morgan fingerprint density at radius 3 is 1.39 bits per heavy atom. The van der Waals surface area contributed by atoms with Crippen LogP contribution < -0.4 is 9.47 Å². The lowest BCUT2D eigenvalue weighted by molar-refractivity contribution is 0.104. The largest absolute Gasteiger partial charge is 0.497 e. The molecule has 0 aliphatic carbocycles. The van der Waals surface area contributed by atoms with Gasteiger partial charge in [0.1, 0.15) is 11.5 Å². The molecule has 38 heavy (non-hydrogen) atoms. The van der Waals surface area contributed by atoms with Gasteiger partial charge in [0.25, 0.3) is 0 Å². The highest BCUT2D eigenvalue weighted by Gasteiger charge is 2.22. The molecule has 0 fully saturated rings. The summed E-state index contributed by atoms with van der Waals surface area (Å²) in [6.07, 6.45) is 0. The molecule has 0 aliphatic heterocycles. The first-order valence-electron chi connectivity index (χ1n) is 11.8. The fourth-order valence-electron chi connectivity index (χ4n) is 4.32. The second kappa shape index (κ2) is 10.7. The summed E-state index contributed by atoms with van der Waals surface area (Å²) in [6, 6.07) is 28.1. The van der Waals surface area contributed by atoms with Crippen LogP contribution in [-0.4, -0.2) is 20.0 Å². The van der Waals surface area contributed by atoms with Crippen LogP contribution in [0.3, 0.4) is 0 Å². The Balaban J connectivity index is 1.45. The van der Waals surface area contributed by atoms with Crippen molar-refractivity contribution in [3.8, 4) is 51.9 Å². The van der Waals surface area contributed by atoms with Crippen LogP contribution in [-0.2, 0) is 0 Å². The average Bonchev–Trinajstić information content (AvgIpc) is 3.78. The molecule has 6 aromatic rings. The molecule has 7 heteroatoms. The summed E-state index contributed by atoms with van der Waals surface area (Å²) in [6.45, 7) is 0. The quantitative estimate of drug-likeness (QED) is 0.171. The molecule has 0 N–H and O–H groups in total. The second-order valence-electron chi connectivity index (χ2n) is 8.43. The molecule has 0 aliphatic rings. The van der Waals surface area contributed by atoms with Crippen LogP contribution in [0.25, 0.3) is 40.4 Å². The molecule has 6 rings (SSSR count). The van der Waals surface area contributed by atoms with Crippen molar-refractivity contribution in [2.24, 2.45) is 0 Å². The lowest BCUT2D eigenvalue weighted by Gasteiger charge is -2.13. The van der Waals surface area contributed by atoms with Gasteiger partial charge in [0.05, 0.1) is 14.2 Å². The Morgan fingerprint density at radius 1 is 0.553 bits per heavy atom. The van der Waals surface area contributed by atoms with Crippen LogP contribution in [0.2, 0.25) is 0 Å². The minimum absolute atomic E-state index is 0.0301. The van der Waals surface area contributed by atoms with E-state index in [0.717, 1.165) is 32.4 Å². The third-order valence-electron chi connectivity index (χ3n) is 6.21. The number of ketones is 1. The molecule has 0 spiro atoms. The highest BCUT2D eigenvalue weighted by molar-refractivity contribution is 7.23. The SMILES string of the molecule is COc1ccc(C(=O)c2ccc(OC)cc2-c2ccc(-c3cccs3)s2)c(-c2ccc(-c3cccs3)s2)c1. The van der Waals surface area contributed by atoms with Gasteiger partial charge in [0, 0.05) is 51.5 Å². The molecule has 3 nitrogen and oxygen atoms in total. The minimum Gasteiger partial charge on any atom is -0.497 e. The summed E-state index contributed by atoms with van der Waals surface area (Å²) in [5, 5.41) is 4.16. The van der Waals surface area contributed by atoms with Crippen LogP contribution in [0.1, 0.15) is 15.9 Å². The molecule has 0 bridgehead atoms. The predicted octanol–water partition coefficient (Wildman–Crippen LogP) is 9.85. The molecule has 0 saturated heterocycles. The maximum absolute atomic E-state index is 14.2. The number of rotatable bonds is 8. The van der Waals surface area contributed by atoms with E-state index in [2.05, 4.69) is 59.3 Å². The van der Waals surface area contributed by atoms with Crippen molar-refractivity contribution >= 4 is 51.1 Å². The Hall–Kier alpha value is -3.49. The number of benzene rings is 2. The molecule has 2 aromatic carbocycles. The monoisotopic (exact) mass is 570 g/mol. The molecule has 0 atom stereocenters. The lowest BCUT2D eigenvalue weighted by Crippen LogP contribution is -2.06. The van der Waals surface area contributed by atoms with E-state index < -0.39 is 0 Å². The summed E-state index contributed by atoms with van der Waals surface area (Å²) in [5.74, 6) is 1.41. The number of hydrogen-bond donors (Lipinski definition) is 0. The minimum atomic E-state index is -0.0301. The Bertz CT molecular complexity index is 1580. The van der Waals surface area contributed by atoms with Gasteiger partial charge in [0.2, 0.25) is 0 Å². The van der Waals surface area contributed by atoms with Gasteiger partial charge in [-0.3, -0.25) is 4.79 Å². The first-order valence-corrected chi connectivity index (χ1v) is 15.2. The van der Waals surface area contributed by atoms with Gasteiger partial charge in [-0.1, -0.05) is 12.1 Å². The smallest absolute Gasteiger partial charge is 0.194 e. The third-order valence-corrected chi connectivity index (χ3v) is 10.6. The topological polar surface area (TPSA) is 35.5 Å². The zero-order chi connectivity index (χ0) is 26.1. The van der Waals surface area contributed by atoms with Gasteiger partial charge in [-0.2, -0.15) is 0 Å². The molecule has 188 valence electrons. The molecule has 0 amide bonds. The molecular formula is C31H22O3S4. The number of thiophene rings is 4. The Morgan fingerprint density at radius 2 is 1.00 bits per heavy atom. The molecule has 4 aromatic heterocycles. The van der Waals surface area contributed by atoms with Crippen molar-refractivity contribution in [1.82, 2.24) is 0 Å². The van der Waals surface area contributed by atoms with Crippen LogP contribution >= 0.6 is 45.3 Å². The van der Waals surface area contributed by atoms with E-state index in [1.54, 1.807) is 59.6 Å². The maximum atomic E-state index is 14.2. The maximum Gasteiger partial charge on any atom is 0.194 e. The van der Waals surface area contributed by atoms with Gasteiger partial charge >= 0.3 is 0 Å². The number of carbonyl (C=O) groups excluding carboxylic acids is 1.